The third kappa shape index (κ3) is 3.59. The minimum absolute atomic E-state index is 0.488. The predicted molar refractivity (Wildman–Crippen MR) is 69.2 cm³/mol. The van der Waals surface area contributed by atoms with Gasteiger partial charge in [-0.3, -0.25) is 0 Å². The molecule has 2 rings (SSSR count). The lowest BCUT2D eigenvalue weighted by atomic mass is 10.1. The summed E-state index contributed by atoms with van der Waals surface area (Å²) in [7, 11) is 0. The largest absolute Gasteiger partial charge is 0.416 e. The maximum Gasteiger partial charge on any atom is 0.416 e. The lowest BCUT2D eigenvalue weighted by Crippen LogP contribution is -2.07. The Bertz CT molecular complexity index is 544. The van der Waals surface area contributed by atoms with Gasteiger partial charge in [-0.05, 0) is 24.1 Å². The van der Waals surface area contributed by atoms with E-state index in [0.717, 1.165) is 42.9 Å². The van der Waals surface area contributed by atoms with Crippen LogP contribution in [-0.2, 0) is 19.1 Å². The van der Waals surface area contributed by atoms with Gasteiger partial charge >= 0.3 is 6.18 Å². The fourth-order valence-corrected chi connectivity index (χ4v) is 1.91. The van der Waals surface area contributed by atoms with Crippen molar-refractivity contribution < 1.29 is 13.2 Å². The van der Waals surface area contributed by atoms with Crippen molar-refractivity contribution in [3.63, 3.8) is 0 Å². The topological polar surface area (TPSA) is 30.7 Å². The zero-order valence-electron chi connectivity index (χ0n) is 11.2. The molecule has 0 atom stereocenters. The third-order valence-electron chi connectivity index (χ3n) is 3.06. The summed E-state index contributed by atoms with van der Waals surface area (Å²) in [5.74, 6) is 0.776. The Kier molecular flexibility index (Phi) is 4.42. The van der Waals surface area contributed by atoms with E-state index in [1.54, 1.807) is 4.68 Å². The number of hydrogen-bond acceptors (Lipinski definition) is 2. The van der Waals surface area contributed by atoms with E-state index in [-0.39, 0.29) is 0 Å². The molecule has 0 radical (unpaired) electrons. The molecule has 1 aromatic heterocycles. The fraction of sp³-hybridized carbons (Fsp3) is 0.429. The monoisotopic (exact) mass is 283 g/mol. The van der Waals surface area contributed by atoms with E-state index in [1.165, 1.54) is 18.5 Å². The Morgan fingerprint density at radius 3 is 2.45 bits per heavy atom. The molecule has 1 heterocycles. The highest BCUT2D eigenvalue weighted by atomic mass is 19.4. The van der Waals surface area contributed by atoms with Crippen molar-refractivity contribution in [1.29, 1.82) is 0 Å². The average Bonchev–Trinajstić information content (AvgIpc) is 2.83. The second-order valence-electron chi connectivity index (χ2n) is 4.62. The molecule has 0 bridgehead atoms. The van der Waals surface area contributed by atoms with Crippen molar-refractivity contribution in [3.8, 4) is 0 Å². The summed E-state index contributed by atoms with van der Waals surface area (Å²) in [6, 6.07) is 5.17. The highest BCUT2D eigenvalue weighted by molar-refractivity contribution is 5.26. The molecule has 0 aliphatic rings. The Hall–Kier alpha value is -1.85. The van der Waals surface area contributed by atoms with Crippen molar-refractivity contribution in [2.45, 2.75) is 38.9 Å². The molecule has 20 heavy (non-hydrogen) atoms. The van der Waals surface area contributed by atoms with Crippen LogP contribution in [0.15, 0.2) is 30.6 Å². The number of halogens is 3. The predicted octanol–water partition coefficient (Wildman–Crippen LogP) is 3.69. The van der Waals surface area contributed by atoms with Gasteiger partial charge < -0.3 is 0 Å². The Labute approximate surface area is 115 Å². The summed E-state index contributed by atoms with van der Waals surface area (Å²) in [5, 5.41) is 4.13. The third-order valence-corrected chi connectivity index (χ3v) is 3.06. The van der Waals surface area contributed by atoms with Crippen molar-refractivity contribution in [3.05, 3.63) is 47.5 Å². The van der Waals surface area contributed by atoms with Crippen LogP contribution >= 0.6 is 0 Å². The Morgan fingerprint density at radius 1 is 1.15 bits per heavy atom. The molecule has 0 saturated heterocycles. The quantitative estimate of drug-likeness (QED) is 0.838. The van der Waals surface area contributed by atoms with Crippen LogP contribution in [0.1, 0.15) is 36.7 Å². The second kappa shape index (κ2) is 6.07. The van der Waals surface area contributed by atoms with E-state index < -0.39 is 11.7 Å². The number of aryl methyl sites for hydroxylation is 1. The zero-order valence-corrected chi connectivity index (χ0v) is 11.2. The van der Waals surface area contributed by atoms with E-state index in [2.05, 4.69) is 17.0 Å². The van der Waals surface area contributed by atoms with Gasteiger partial charge in [-0.1, -0.05) is 25.5 Å². The van der Waals surface area contributed by atoms with Gasteiger partial charge in [0.1, 0.15) is 12.2 Å². The smallest absolute Gasteiger partial charge is 0.250 e. The molecule has 2 aromatic rings. The Balaban J connectivity index is 2.09. The van der Waals surface area contributed by atoms with Gasteiger partial charge in [-0.2, -0.15) is 18.3 Å². The van der Waals surface area contributed by atoms with Gasteiger partial charge in [0.25, 0.3) is 0 Å². The van der Waals surface area contributed by atoms with Gasteiger partial charge in [0, 0.05) is 13.0 Å². The number of hydrogen-bond donors (Lipinski definition) is 0. The first-order valence-corrected chi connectivity index (χ1v) is 6.53. The van der Waals surface area contributed by atoms with Crippen LogP contribution in [0.3, 0.4) is 0 Å². The number of aromatic nitrogens is 3. The maximum atomic E-state index is 12.5. The van der Waals surface area contributed by atoms with Gasteiger partial charge in [-0.15, -0.1) is 0 Å². The molecule has 0 saturated carbocycles. The number of alkyl halides is 3. The minimum atomic E-state index is -4.29. The average molecular weight is 283 g/mol. The molecular weight excluding hydrogens is 267 g/mol. The summed E-state index contributed by atoms with van der Waals surface area (Å²) >= 11 is 0. The Morgan fingerprint density at radius 2 is 1.85 bits per heavy atom. The summed E-state index contributed by atoms with van der Waals surface area (Å²) < 4.78 is 39.2. The highest BCUT2D eigenvalue weighted by Crippen LogP contribution is 2.29. The number of rotatable bonds is 5. The van der Waals surface area contributed by atoms with Crippen LogP contribution < -0.4 is 0 Å². The van der Waals surface area contributed by atoms with Crippen molar-refractivity contribution in [1.82, 2.24) is 14.8 Å². The number of benzene rings is 1. The molecule has 1 aromatic carbocycles. The summed E-state index contributed by atoms with van der Waals surface area (Å²) in [6.45, 7) is 2.87. The molecule has 3 nitrogen and oxygen atoms in total. The molecule has 6 heteroatoms. The van der Waals surface area contributed by atoms with Gasteiger partial charge in [0.05, 0.1) is 5.56 Å². The molecule has 0 unspecified atom stereocenters. The first kappa shape index (κ1) is 14.6. The SMILES string of the molecule is CCCCn1ncnc1Cc1ccc(C(F)(F)F)cc1. The maximum absolute atomic E-state index is 12.5. The van der Waals surface area contributed by atoms with E-state index in [0.29, 0.717) is 6.42 Å². The molecule has 0 aliphatic carbocycles. The van der Waals surface area contributed by atoms with E-state index in [4.69, 9.17) is 0 Å². The second-order valence-corrected chi connectivity index (χ2v) is 4.62. The van der Waals surface area contributed by atoms with Crippen LogP contribution in [0, 0.1) is 0 Å². The molecule has 0 aliphatic heterocycles. The normalized spacial score (nSPS) is 11.8. The van der Waals surface area contributed by atoms with Crippen LogP contribution in [0.2, 0.25) is 0 Å². The lowest BCUT2D eigenvalue weighted by Gasteiger charge is -2.08. The van der Waals surface area contributed by atoms with Crippen LogP contribution in [0.4, 0.5) is 13.2 Å². The first-order valence-electron chi connectivity index (χ1n) is 6.53. The van der Waals surface area contributed by atoms with Crippen LogP contribution in [0.25, 0.3) is 0 Å². The van der Waals surface area contributed by atoms with E-state index >= 15 is 0 Å². The molecule has 0 spiro atoms. The summed E-state index contributed by atoms with van der Waals surface area (Å²) in [5.41, 5.74) is 0.164. The molecule has 0 N–H and O–H groups in total. The highest BCUT2D eigenvalue weighted by Gasteiger charge is 2.29. The van der Waals surface area contributed by atoms with E-state index in [1.807, 2.05) is 0 Å². The van der Waals surface area contributed by atoms with Crippen molar-refractivity contribution >= 4 is 0 Å². The molecule has 0 fully saturated rings. The number of unbranched alkanes of at least 4 members (excludes halogenated alkanes) is 1. The van der Waals surface area contributed by atoms with Gasteiger partial charge in [-0.25, -0.2) is 9.67 Å². The minimum Gasteiger partial charge on any atom is -0.250 e. The lowest BCUT2D eigenvalue weighted by molar-refractivity contribution is -0.137. The fourth-order valence-electron chi connectivity index (χ4n) is 1.91. The summed E-state index contributed by atoms with van der Waals surface area (Å²) in [4.78, 5) is 4.17. The van der Waals surface area contributed by atoms with Crippen LogP contribution in [-0.4, -0.2) is 14.8 Å². The van der Waals surface area contributed by atoms with Gasteiger partial charge in [0.15, 0.2) is 0 Å². The number of nitrogens with zero attached hydrogens (tertiary/aromatic N) is 3. The first-order chi connectivity index (χ1) is 9.50. The standard InChI is InChI=1S/C14H16F3N3/c1-2-3-8-20-13(18-10-19-20)9-11-4-6-12(7-5-11)14(15,16)17/h4-7,10H,2-3,8-9H2,1H3. The molecule has 0 amide bonds. The van der Waals surface area contributed by atoms with Gasteiger partial charge in [0.2, 0.25) is 0 Å². The van der Waals surface area contributed by atoms with Crippen molar-refractivity contribution in [2.24, 2.45) is 0 Å². The molecular formula is C14H16F3N3. The van der Waals surface area contributed by atoms with Crippen molar-refractivity contribution in [2.75, 3.05) is 0 Å². The van der Waals surface area contributed by atoms with Crippen LogP contribution in [0.5, 0.6) is 0 Å². The summed E-state index contributed by atoms with van der Waals surface area (Å²) in [6.07, 6.45) is -0.264. The zero-order chi connectivity index (χ0) is 14.6. The van der Waals surface area contributed by atoms with E-state index in [9.17, 15) is 13.2 Å². The molecule has 108 valence electrons.